The summed E-state index contributed by atoms with van der Waals surface area (Å²) in [6.45, 7) is 1.95. The average Bonchev–Trinajstić information content (AvgIpc) is 2.18. The SMILES string of the molecule is CCSC(=O)N(C)c1ccccn1. The molecule has 0 aromatic carbocycles. The van der Waals surface area contributed by atoms with Crippen molar-refractivity contribution in [2.75, 3.05) is 17.7 Å². The Hall–Kier alpha value is -1.03. The second-order valence-corrected chi connectivity index (χ2v) is 3.66. The first-order valence-electron chi connectivity index (χ1n) is 4.07. The minimum atomic E-state index is 0.0289. The highest BCUT2D eigenvalue weighted by Crippen LogP contribution is 2.13. The summed E-state index contributed by atoms with van der Waals surface area (Å²) in [5.41, 5.74) is 0. The molecule has 0 atom stereocenters. The highest BCUT2D eigenvalue weighted by Gasteiger charge is 2.10. The monoisotopic (exact) mass is 196 g/mol. The molecule has 1 aromatic rings. The number of carbonyl (C=O) groups is 1. The van der Waals surface area contributed by atoms with Crippen LogP contribution in [0.3, 0.4) is 0 Å². The van der Waals surface area contributed by atoms with E-state index in [2.05, 4.69) is 4.98 Å². The highest BCUT2D eigenvalue weighted by molar-refractivity contribution is 8.13. The minimum Gasteiger partial charge on any atom is -0.291 e. The molecule has 4 heteroatoms. The molecule has 0 fully saturated rings. The quantitative estimate of drug-likeness (QED) is 0.728. The molecular weight excluding hydrogens is 184 g/mol. The number of hydrogen-bond donors (Lipinski definition) is 0. The number of aromatic nitrogens is 1. The lowest BCUT2D eigenvalue weighted by Gasteiger charge is -2.14. The molecule has 3 nitrogen and oxygen atoms in total. The number of pyridine rings is 1. The Bertz CT molecular complexity index is 276. The lowest BCUT2D eigenvalue weighted by atomic mass is 10.4. The molecule has 0 N–H and O–H groups in total. The molecule has 0 spiro atoms. The van der Waals surface area contributed by atoms with Crippen LogP contribution < -0.4 is 4.90 Å². The zero-order valence-electron chi connectivity index (χ0n) is 7.73. The van der Waals surface area contributed by atoms with Crippen molar-refractivity contribution in [3.63, 3.8) is 0 Å². The van der Waals surface area contributed by atoms with Gasteiger partial charge in [0.25, 0.3) is 5.24 Å². The van der Waals surface area contributed by atoms with Crippen molar-refractivity contribution in [3.8, 4) is 0 Å². The Labute approximate surface area is 82.2 Å². The third kappa shape index (κ3) is 2.73. The van der Waals surface area contributed by atoms with Gasteiger partial charge in [0.2, 0.25) is 0 Å². The third-order valence-electron chi connectivity index (χ3n) is 1.53. The van der Waals surface area contributed by atoms with Gasteiger partial charge in [-0.3, -0.25) is 9.69 Å². The van der Waals surface area contributed by atoms with E-state index in [1.165, 1.54) is 11.8 Å². The van der Waals surface area contributed by atoms with Gasteiger partial charge >= 0.3 is 0 Å². The predicted molar refractivity (Wildman–Crippen MR) is 56.2 cm³/mol. The largest absolute Gasteiger partial charge is 0.291 e. The standard InChI is InChI=1S/C9H12N2OS/c1-3-13-9(12)11(2)8-6-4-5-7-10-8/h4-7H,3H2,1-2H3. The fourth-order valence-corrected chi connectivity index (χ4v) is 1.40. The van der Waals surface area contributed by atoms with Crippen LogP contribution in [0.1, 0.15) is 6.92 Å². The second kappa shape index (κ2) is 4.87. The first-order chi connectivity index (χ1) is 6.25. The molecule has 0 aliphatic heterocycles. The number of nitrogens with zero attached hydrogens (tertiary/aromatic N) is 2. The Morgan fingerprint density at radius 2 is 2.38 bits per heavy atom. The van der Waals surface area contributed by atoms with Gasteiger partial charge in [-0.05, 0) is 17.9 Å². The van der Waals surface area contributed by atoms with Crippen molar-refractivity contribution < 1.29 is 4.79 Å². The molecule has 0 aliphatic rings. The van der Waals surface area contributed by atoms with E-state index in [1.807, 2.05) is 25.1 Å². The molecule has 0 saturated heterocycles. The van der Waals surface area contributed by atoms with E-state index in [1.54, 1.807) is 18.1 Å². The molecule has 13 heavy (non-hydrogen) atoms. The van der Waals surface area contributed by atoms with Crippen LogP contribution in [0.2, 0.25) is 0 Å². The van der Waals surface area contributed by atoms with Crippen LogP contribution in [0.4, 0.5) is 10.6 Å². The zero-order chi connectivity index (χ0) is 9.68. The fourth-order valence-electron chi connectivity index (χ4n) is 0.866. The van der Waals surface area contributed by atoms with E-state index in [-0.39, 0.29) is 5.24 Å². The van der Waals surface area contributed by atoms with E-state index in [9.17, 15) is 4.79 Å². The second-order valence-electron chi connectivity index (χ2n) is 2.45. The number of hydrogen-bond acceptors (Lipinski definition) is 3. The maximum atomic E-state index is 11.4. The first kappa shape index (κ1) is 10.1. The molecule has 0 aliphatic carbocycles. The van der Waals surface area contributed by atoms with Crippen LogP contribution in [0.25, 0.3) is 0 Å². The van der Waals surface area contributed by atoms with Crippen molar-refractivity contribution in [3.05, 3.63) is 24.4 Å². The summed E-state index contributed by atoms with van der Waals surface area (Å²) in [5, 5.41) is 0.0289. The smallest absolute Gasteiger partial charge is 0.286 e. The molecule has 0 radical (unpaired) electrons. The molecule has 1 aromatic heterocycles. The van der Waals surface area contributed by atoms with Crippen molar-refractivity contribution in [1.82, 2.24) is 4.98 Å². The van der Waals surface area contributed by atoms with Crippen molar-refractivity contribution in [1.29, 1.82) is 0 Å². The van der Waals surface area contributed by atoms with Gasteiger partial charge in [-0.2, -0.15) is 0 Å². The average molecular weight is 196 g/mol. The Balaban J connectivity index is 2.68. The van der Waals surface area contributed by atoms with Crippen LogP contribution in [0, 0.1) is 0 Å². The van der Waals surface area contributed by atoms with Gasteiger partial charge in [0.1, 0.15) is 5.82 Å². The van der Waals surface area contributed by atoms with Crippen LogP contribution >= 0.6 is 11.8 Å². The molecule has 0 unspecified atom stereocenters. The van der Waals surface area contributed by atoms with Crippen molar-refractivity contribution in [2.45, 2.75) is 6.92 Å². The van der Waals surface area contributed by atoms with Gasteiger partial charge in [-0.15, -0.1) is 0 Å². The van der Waals surface area contributed by atoms with Crippen molar-refractivity contribution >= 4 is 22.8 Å². The molecule has 0 saturated carbocycles. The Kier molecular flexibility index (Phi) is 3.76. The summed E-state index contributed by atoms with van der Waals surface area (Å²) in [5.74, 6) is 1.48. The summed E-state index contributed by atoms with van der Waals surface area (Å²) in [6.07, 6.45) is 1.68. The highest BCUT2D eigenvalue weighted by atomic mass is 32.2. The van der Waals surface area contributed by atoms with Gasteiger partial charge in [0.05, 0.1) is 0 Å². The van der Waals surface area contributed by atoms with Gasteiger partial charge in [-0.1, -0.05) is 24.8 Å². The van der Waals surface area contributed by atoms with Gasteiger partial charge in [0, 0.05) is 13.2 Å². The van der Waals surface area contributed by atoms with Crippen LogP contribution in [0.5, 0.6) is 0 Å². The molecule has 0 bridgehead atoms. The summed E-state index contributed by atoms with van der Waals surface area (Å²) >= 11 is 1.28. The van der Waals surface area contributed by atoms with Gasteiger partial charge in [-0.25, -0.2) is 4.98 Å². The number of amides is 1. The van der Waals surface area contributed by atoms with Gasteiger partial charge < -0.3 is 0 Å². The number of rotatable bonds is 2. The van der Waals surface area contributed by atoms with E-state index in [0.29, 0.717) is 5.82 Å². The summed E-state index contributed by atoms with van der Waals surface area (Å²) in [6, 6.07) is 5.51. The van der Waals surface area contributed by atoms with Crippen LogP contribution in [-0.4, -0.2) is 23.0 Å². The maximum Gasteiger partial charge on any atom is 0.286 e. The molecule has 70 valence electrons. The Morgan fingerprint density at radius 3 is 2.92 bits per heavy atom. The fraction of sp³-hybridized carbons (Fsp3) is 0.333. The lowest BCUT2D eigenvalue weighted by Crippen LogP contribution is -2.22. The van der Waals surface area contributed by atoms with Crippen molar-refractivity contribution in [2.24, 2.45) is 0 Å². The summed E-state index contributed by atoms with van der Waals surface area (Å²) < 4.78 is 0. The maximum absolute atomic E-state index is 11.4. The first-order valence-corrected chi connectivity index (χ1v) is 5.05. The normalized spacial score (nSPS) is 9.69. The van der Waals surface area contributed by atoms with E-state index in [4.69, 9.17) is 0 Å². The number of anilines is 1. The van der Waals surface area contributed by atoms with Crippen LogP contribution in [-0.2, 0) is 0 Å². The Morgan fingerprint density at radius 1 is 1.62 bits per heavy atom. The summed E-state index contributed by atoms with van der Waals surface area (Å²) in [4.78, 5) is 17.0. The molecule has 1 heterocycles. The van der Waals surface area contributed by atoms with Gasteiger partial charge in [0.15, 0.2) is 0 Å². The lowest BCUT2D eigenvalue weighted by molar-refractivity contribution is 0.266. The predicted octanol–water partition coefficient (Wildman–Crippen LogP) is 2.39. The minimum absolute atomic E-state index is 0.0289. The molecule has 1 rings (SSSR count). The molecule has 1 amide bonds. The number of thioether (sulfide) groups is 1. The van der Waals surface area contributed by atoms with Crippen LogP contribution in [0.15, 0.2) is 24.4 Å². The third-order valence-corrected chi connectivity index (χ3v) is 2.34. The zero-order valence-corrected chi connectivity index (χ0v) is 8.54. The van der Waals surface area contributed by atoms with E-state index < -0.39 is 0 Å². The topological polar surface area (TPSA) is 33.2 Å². The number of carbonyl (C=O) groups excluding carboxylic acids is 1. The van der Waals surface area contributed by atoms with E-state index >= 15 is 0 Å². The van der Waals surface area contributed by atoms with E-state index in [0.717, 1.165) is 5.75 Å². The summed E-state index contributed by atoms with van der Waals surface area (Å²) in [7, 11) is 1.73. The molecular formula is C9H12N2OS.